The molecule has 0 atom stereocenters. The fraction of sp³-hybridized carbons (Fsp3) is 0.867. The normalized spacial score (nSPS) is 27.3. The highest BCUT2D eigenvalue weighted by Crippen LogP contribution is 2.34. The minimum Gasteiger partial charge on any atom is -0.391 e. The molecule has 110 valence electrons. The van der Waals surface area contributed by atoms with Gasteiger partial charge in [0.05, 0.1) is 10.5 Å². The molecule has 0 aliphatic heterocycles. The molecule has 0 saturated heterocycles. The summed E-state index contributed by atoms with van der Waals surface area (Å²) in [6.45, 7) is 6.32. The predicted molar refractivity (Wildman–Crippen MR) is 84.0 cm³/mol. The monoisotopic (exact) mass is 284 g/mol. The largest absolute Gasteiger partial charge is 0.391 e. The summed E-state index contributed by atoms with van der Waals surface area (Å²) >= 11 is 5.24. The third kappa shape index (κ3) is 3.91. The Morgan fingerprint density at radius 2 is 1.84 bits per heavy atom. The molecule has 1 aliphatic carbocycles. The zero-order valence-electron chi connectivity index (χ0n) is 12.5. The first-order valence-electron chi connectivity index (χ1n) is 7.61. The van der Waals surface area contributed by atoms with Gasteiger partial charge in [-0.05, 0) is 44.4 Å². The molecule has 0 unspecified atom stereocenters. The van der Waals surface area contributed by atoms with Crippen LogP contribution in [0.3, 0.4) is 0 Å². The van der Waals surface area contributed by atoms with Gasteiger partial charge >= 0.3 is 0 Å². The van der Waals surface area contributed by atoms with Gasteiger partial charge in [0.2, 0.25) is 5.91 Å². The Bertz CT molecular complexity index is 318. The maximum atomic E-state index is 12.3. The van der Waals surface area contributed by atoms with Crippen molar-refractivity contribution in [1.82, 2.24) is 5.32 Å². The van der Waals surface area contributed by atoms with E-state index in [1.165, 1.54) is 6.42 Å². The maximum absolute atomic E-state index is 12.3. The van der Waals surface area contributed by atoms with E-state index in [1.54, 1.807) is 0 Å². The average molecular weight is 284 g/mol. The molecule has 1 rings (SSSR count). The molecule has 0 aromatic carbocycles. The summed E-state index contributed by atoms with van der Waals surface area (Å²) in [5, 5.41) is 3.17. The second kappa shape index (κ2) is 7.22. The highest BCUT2D eigenvalue weighted by molar-refractivity contribution is 7.80. The Labute approximate surface area is 122 Å². The van der Waals surface area contributed by atoms with Crippen molar-refractivity contribution in [3.05, 3.63) is 0 Å². The molecule has 19 heavy (non-hydrogen) atoms. The molecule has 0 spiro atoms. The van der Waals surface area contributed by atoms with Crippen molar-refractivity contribution in [3.63, 3.8) is 0 Å². The van der Waals surface area contributed by atoms with Gasteiger partial charge in [0, 0.05) is 5.92 Å². The molecule has 3 nitrogen and oxygen atoms in total. The second-order valence-corrected chi connectivity index (χ2v) is 6.24. The van der Waals surface area contributed by atoms with Crippen LogP contribution >= 0.6 is 12.2 Å². The maximum Gasteiger partial charge on any atom is 0.223 e. The van der Waals surface area contributed by atoms with E-state index < -0.39 is 5.54 Å². The van der Waals surface area contributed by atoms with E-state index in [4.69, 9.17) is 18.0 Å². The van der Waals surface area contributed by atoms with Gasteiger partial charge in [-0.2, -0.15) is 0 Å². The summed E-state index contributed by atoms with van der Waals surface area (Å²) < 4.78 is 0. The Balaban J connectivity index is 2.74. The molecule has 1 amide bonds. The van der Waals surface area contributed by atoms with Crippen molar-refractivity contribution in [3.8, 4) is 0 Å². The Kier molecular flexibility index (Phi) is 6.24. The number of nitrogens with one attached hydrogen (secondary N) is 1. The molecule has 0 radical (unpaired) electrons. The lowest BCUT2D eigenvalue weighted by Gasteiger charge is -2.40. The number of nitrogens with two attached hydrogens (primary N) is 1. The quantitative estimate of drug-likeness (QED) is 0.737. The van der Waals surface area contributed by atoms with Crippen molar-refractivity contribution in [2.45, 2.75) is 71.3 Å². The molecule has 0 bridgehead atoms. The first-order valence-corrected chi connectivity index (χ1v) is 8.01. The molecule has 0 aromatic rings. The van der Waals surface area contributed by atoms with Crippen LogP contribution in [0.1, 0.15) is 65.7 Å². The van der Waals surface area contributed by atoms with E-state index >= 15 is 0 Å². The summed E-state index contributed by atoms with van der Waals surface area (Å²) in [6.07, 6.45) is 6.95. The smallest absolute Gasteiger partial charge is 0.223 e. The van der Waals surface area contributed by atoms with Gasteiger partial charge in [0.15, 0.2) is 0 Å². The number of carbonyl (C=O) groups is 1. The first-order chi connectivity index (χ1) is 8.99. The lowest BCUT2D eigenvalue weighted by molar-refractivity contribution is -0.126. The van der Waals surface area contributed by atoms with Crippen LogP contribution < -0.4 is 11.1 Å². The predicted octanol–water partition coefficient (Wildman–Crippen LogP) is 3.16. The first kappa shape index (κ1) is 16.4. The third-order valence-electron chi connectivity index (χ3n) is 4.73. The van der Waals surface area contributed by atoms with Gasteiger partial charge in [-0.3, -0.25) is 4.79 Å². The van der Waals surface area contributed by atoms with Crippen molar-refractivity contribution in [1.29, 1.82) is 0 Å². The number of amides is 1. The van der Waals surface area contributed by atoms with Crippen LogP contribution in [0.15, 0.2) is 0 Å². The lowest BCUT2D eigenvalue weighted by Crippen LogP contribution is -2.59. The lowest BCUT2D eigenvalue weighted by atomic mass is 9.75. The number of hydrogen-bond acceptors (Lipinski definition) is 2. The second-order valence-electron chi connectivity index (χ2n) is 5.80. The van der Waals surface area contributed by atoms with E-state index in [0.717, 1.165) is 44.4 Å². The summed E-state index contributed by atoms with van der Waals surface area (Å²) in [4.78, 5) is 12.8. The summed E-state index contributed by atoms with van der Waals surface area (Å²) in [5.74, 6) is 0.954. The van der Waals surface area contributed by atoms with Crippen LogP contribution in [0.25, 0.3) is 0 Å². The van der Waals surface area contributed by atoms with Crippen LogP contribution in [0, 0.1) is 11.8 Å². The molecule has 0 aromatic heterocycles. The van der Waals surface area contributed by atoms with Crippen LogP contribution in [0.2, 0.25) is 0 Å². The van der Waals surface area contributed by atoms with E-state index in [-0.39, 0.29) is 11.8 Å². The van der Waals surface area contributed by atoms with Crippen LogP contribution in [-0.2, 0) is 4.79 Å². The molecule has 4 heteroatoms. The number of hydrogen-bond donors (Lipinski definition) is 2. The molecule has 1 aliphatic rings. The van der Waals surface area contributed by atoms with Gasteiger partial charge in [-0.15, -0.1) is 0 Å². The van der Waals surface area contributed by atoms with Gasteiger partial charge in [-0.1, -0.05) is 39.4 Å². The van der Waals surface area contributed by atoms with E-state index in [2.05, 4.69) is 26.1 Å². The minimum absolute atomic E-state index is 0.0788. The molecule has 3 N–H and O–H groups in total. The van der Waals surface area contributed by atoms with Gasteiger partial charge in [0.1, 0.15) is 0 Å². The highest BCUT2D eigenvalue weighted by atomic mass is 32.1. The highest BCUT2D eigenvalue weighted by Gasteiger charge is 2.39. The van der Waals surface area contributed by atoms with E-state index in [9.17, 15) is 4.79 Å². The standard InChI is InChI=1S/C15H28N2OS/c1-4-11-7-9-15(10-8-11,14(16)19)17-13(18)12(5-2)6-3/h11-12H,4-10H2,1-3H3,(H2,16,19)(H,17,18). The van der Waals surface area contributed by atoms with Gasteiger partial charge < -0.3 is 11.1 Å². The zero-order chi connectivity index (χ0) is 14.5. The Morgan fingerprint density at radius 3 is 2.21 bits per heavy atom. The molecular formula is C15H28N2OS. The number of rotatable bonds is 6. The van der Waals surface area contributed by atoms with Gasteiger partial charge in [-0.25, -0.2) is 0 Å². The summed E-state index contributed by atoms with van der Waals surface area (Å²) in [5.41, 5.74) is 5.51. The Morgan fingerprint density at radius 1 is 1.32 bits per heavy atom. The Hall–Kier alpha value is -0.640. The van der Waals surface area contributed by atoms with Crippen molar-refractivity contribution in [2.75, 3.05) is 0 Å². The molecular weight excluding hydrogens is 256 g/mol. The fourth-order valence-corrected chi connectivity index (χ4v) is 3.26. The molecule has 0 heterocycles. The number of carbonyl (C=O) groups excluding carboxylic acids is 1. The van der Waals surface area contributed by atoms with Crippen LogP contribution in [-0.4, -0.2) is 16.4 Å². The van der Waals surface area contributed by atoms with E-state index in [1.807, 2.05) is 0 Å². The molecule has 1 fully saturated rings. The van der Waals surface area contributed by atoms with Crippen LogP contribution in [0.4, 0.5) is 0 Å². The summed E-state index contributed by atoms with van der Waals surface area (Å²) in [7, 11) is 0. The number of thiocarbonyl (C=S) groups is 1. The zero-order valence-corrected chi connectivity index (χ0v) is 13.3. The minimum atomic E-state index is -0.430. The third-order valence-corrected chi connectivity index (χ3v) is 5.12. The average Bonchev–Trinajstić information content (AvgIpc) is 2.40. The molecule has 1 saturated carbocycles. The van der Waals surface area contributed by atoms with Crippen molar-refractivity contribution in [2.24, 2.45) is 17.6 Å². The fourth-order valence-electron chi connectivity index (χ4n) is 3.01. The van der Waals surface area contributed by atoms with Crippen molar-refractivity contribution < 1.29 is 4.79 Å². The van der Waals surface area contributed by atoms with Gasteiger partial charge in [0.25, 0.3) is 0 Å². The summed E-state index contributed by atoms with van der Waals surface area (Å²) in [6, 6.07) is 0. The SMILES string of the molecule is CCC1CCC(NC(=O)C(CC)CC)(C(N)=S)CC1. The van der Waals surface area contributed by atoms with Crippen LogP contribution in [0.5, 0.6) is 0 Å². The van der Waals surface area contributed by atoms with E-state index in [0.29, 0.717) is 4.99 Å². The topological polar surface area (TPSA) is 55.1 Å². The van der Waals surface area contributed by atoms with Crippen molar-refractivity contribution >= 4 is 23.1 Å².